The summed E-state index contributed by atoms with van der Waals surface area (Å²) in [6.07, 6.45) is -1.05. The molecule has 3 heterocycles. The highest BCUT2D eigenvalue weighted by Gasteiger charge is 2.62. The molecule has 12 heteroatoms. The van der Waals surface area contributed by atoms with Crippen molar-refractivity contribution in [3.8, 4) is 0 Å². The summed E-state index contributed by atoms with van der Waals surface area (Å²) in [5.41, 5.74) is 0. The molecule has 3 rings (SSSR count). The number of alkyl halides is 3. The van der Waals surface area contributed by atoms with Crippen LogP contribution in [0.5, 0.6) is 0 Å². The fourth-order valence-corrected chi connectivity index (χ4v) is 5.50. The molecule has 1 spiro atoms. The van der Waals surface area contributed by atoms with Gasteiger partial charge in [-0.15, -0.1) is 0 Å². The number of nitrogens with zero attached hydrogens (tertiary/aromatic N) is 3. The molecule has 0 aromatic carbocycles. The summed E-state index contributed by atoms with van der Waals surface area (Å²) < 4.78 is 60.9. The Bertz CT molecular complexity index is 736. The van der Waals surface area contributed by atoms with E-state index in [4.69, 9.17) is 14.6 Å². The minimum Gasteiger partial charge on any atom is -0.475 e. The number of ether oxygens (including phenoxy) is 1. The predicted molar refractivity (Wildman–Crippen MR) is 84.4 cm³/mol. The smallest absolute Gasteiger partial charge is 0.475 e. The van der Waals surface area contributed by atoms with Crippen LogP contribution in [0.25, 0.3) is 0 Å². The SMILES string of the molecule is COCC1CCS(=O)(=O)C12CN(c1ncccn1)C2.O=C(O)C(F)(F)F. The Hall–Kier alpha value is -1.95. The maximum Gasteiger partial charge on any atom is 0.490 e. The Labute approximate surface area is 147 Å². The Morgan fingerprint density at radius 3 is 2.38 bits per heavy atom. The molecule has 2 aliphatic heterocycles. The summed E-state index contributed by atoms with van der Waals surface area (Å²) >= 11 is 0. The van der Waals surface area contributed by atoms with Crippen molar-refractivity contribution in [2.24, 2.45) is 5.92 Å². The van der Waals surface area contributed by atoms with Crippen LogP contribution in [0, 0.1) is 5.92 Å². The lowest BCUT2D eigenvalue weighted by atomic mass is 9.84. The number of hydrogen-bond acceptors (Lipinski definition) is 7. The van der Waals surface area contributed by atoms with Gasteiger partial charge in [0.25, 0.3) is 0 Å². The molecule has 1 unspecified atom stereocenters. The molecule has 1 N–H and O–H groups in total. The summed E-state index contributed by atoms with van der Waals surface area (Å²) in [7, 11) is -1.42. The second kappa shape index (κ2) is 7.35. The summed E-state index contributed by atoms with van der Waals surface area (Å²) in [5, 5.41) is 7.12. The average Bonchev–Trinajstić information content (AvgIpc) is 2.78. The van der Waals surface area contributed by atoms with Gasteiger partial charge < -0.3 is 14.7 Å². The minimum absolute atomic E-state index is 0.0856. The van der Waals surface area contributed by atoms with E-state index < -0.39 is 26.7 Å². The zero-order valence-corrected chi connectivity index (χ0v) is 14.6. The number of aromatic nitrogens is 2. The van der Waals surface area contributed by atoms with Crippen molar-refractivity contribution in [2.75, 3.05) is 37.5 Å². The zero-order chi connectivity index (χ0) is 19.6. The van der Waals surface area contributed by atoms with E-state index in [0.29, 0.717) is 32.1 Å². The molecule has 1 atom stereocenters. The van der Waals surface area contributed by atoms with Crippen molar-refractivity contribution < 1.29 is 36.2 Å². The minimum atomic E-state index is -5.08. The van der Waals surface area contributed by atoms with E-state index in [1.54, 1.807) is 25.6 Å². The van der Waals surface area contributed by atoms with Gasteiger partial charge >= 0.3 is 12.1 Å². The summed E-state index contributed by atoms with van der Waals surface area (Å²) in [5.74, 6) is -1.80. The molecule has 0 radical (unpaired) electrons. The molecular weight excluding hydrogens is 379 g/mol. The van der Waals surface area contributed by atoms with E-state index in [2.05, 4.69) is 9.97 Å². The van der Waals surface area contributed by atoms with Crippen molar-refractivity contribution in [1.82, 2.24) is 9.97 Å². The van der Waals surface area contributed by atoms with Gasteiger partial charge in [0.15, 0.2) is 9.84 Å². The number of carboxylic acid groups (broad SMARTS) is 1. The zero-order valence-electron chi connectivity index (χ0n) is 13.8. The monoisotopic (exact) mass is 397 g/mol. The van der Waals surface area contributed by atoms with Gasteiger partial charge in [-0.2, -0.15) is 13.2 Å². The Morgan fingerprint density at radius 1 is 1.38 bits per heavy atom. The number of carboxylic acids is 1. The van der Waals surface area contributed by atoms with Crippen LogP contribution in [0.15, 0.2) is 18.5 Å². The van der Waals surface area contributed by atoms with Gasteiger partial charge in [0.05, 0.1) is 12.4 Å². The normalized spacial score (nSPS) is 23.1. The lowest BCUT2D eigenvalue weighted by Crippen LogP contribution is -2.68. The number of sulfone groups is 1. The van der Waals surface area contributed by atoms with Crippen molar-refractivity contribution in [1.29, 1.82) is 0 Å². The molecule has 2 fully saturated rings. The van der Waals surface area contributed by atoms with Crippen LogP contribution >= 0.6 is 0 Å². The van der Waals surface area contributed by atoms with Crippen LogP contribution in [-0.2, 0) is 19.4 Å². The van der Waals surface area contributed by atoms with Gasteiger partial charge in [0.2, 0.25) is 5.95 Å². The maximum atomic E-state index is 12.3. The van der Waals surface area contributed by atoms with E-state index in [0.717, 1.165) is 0 Å². The van der Waals surface area contributed by atoms with E-state index >= 15 is 0 Å². The number of carbonyl (C=O) groups is 1. The van der Waals surface area contributed by atoms with E-state index in [1.807, 2.05) is 4.90 Å². The highest BCUT2D eigenvalue weighted by molar-refractivity contribution is 7.93. The van der Waals surface area contributed by atoms with Crippen LogP contribution in [-0.4, -0.2) is 72.9 Å². The van der Waals surface area contributed by atoms with Crippen molar-refractivity contribution in [2.45, 2.75) is 17.3 Å². The predicted octanol–water partition coefficient (Wildman–Crippen LogP) is 0.750. The van der Waals surface area contributed by atoms with Crippen LogP contribution in [0.4, 0.5) is 19.1 Å². The van der Waals surface area contributed by atoms with Gasteiger partial charge in [-0.1, -0.05) is 0 Å². The first-order chi connectivity index (χ1) is 12.0. The number of methoxy groups -OCH3 is 1. The quantitative estimate of drug-likeness (QED) is 0.796. The first kappa shape index (κ1) is 20.4. The van der Waals surface area contributed by atoms with E-state index in [1.165, 1.54) is 0 Å². The molecule has 0 saturated carbocycles. The molecule has 146 valence electrons. The van der Waals surface area contributed by atoms with E-state index in [-0.39, 0.29) is 11.7 Å². The Morgan fingerprint density at radius 2 is 1.92 bits per heavy atom. The molecule has 1 aromatic rings. The number of rotatable bonds is 3. The largest absolute Gasteiger partial charge is 0.490 e. The number of anilines is 1. The second-order valence-corrected chi connectivity index (χ2v) is 8.48. The molecule has 0 amide bonds. The third-order valence-corrected chi connectivity index (χ3v) is 7.06. The summed E-state index contributed by atoms with van der Waals surface area (Å²) in [4.78, 5) is 19.1. The van der Waals surface area contributed by atoms with Gasteiger partial charge in [0.1, 0.15) is 4.75 Å². The van der Waals surface area contributed by atoms with Gasteiger partial charge in [-0.25, -0.2) is 23.2 Å². The van der Waals surface area contributed by atoms with Crippen molar-refractivity contribution >= 4 is 21.8 Å². The van der Waals surface area contributed by atoms with Crippen molar-refractivity contribution in [3.05, 3.63) is 18.5 Å². The summed E-state index contributed by atoms with van der Waals surface area (Å²) in [6.45, 7) is 1.46. The molecule has 2 saturated heterocycles. The first-order valence-corrected chi connectivity index (χ1v) is 9.22. The van der Waals surface area contributed by atoms with Crippen LogP contribution in [0.2, 0.25) is 0 Å². The third kappa shape index (κ3) is 3.90. The standard InChI is InChI=1S/C12H17N3O3S.C2HF3O2/c1-18-7-10-3-6-19(16,17)12(10)8-15(9-12)11-13-4-2-5-14-11;3-2(4,5)1(6)7/h2,4-5,10H,3,6-9H2,1H3;(H,6,7). The number of hydrogen-bond donors (Lipinski definition) is 1. The fourth-order valence-electron chi connectivity index (χ4n) is 3.10. The molecule has 1 aromatic heterocycles. The van der Waals surface area contributed by atoms with Gasteiger partial charge in [-0.3, -0.25) is 0 Å². The van der Waals surface area contributed by atoms with Crippen LogP contribution in [0.1, 0.15) is 6.42 Å². The molecular formula is C14H18F3N3O5S. The van der Waals surface area contributed by atoms with Crippen molar-refractivity contribution in [3.63, 3.8) is 0 Å². The average molecular weight is 397 g/mol. The topological polar surface area (TPSA) is 110 Å². The van der Waals surface area contributed by atoms with Crippen LogP contribution < -0.4 is 4.90 Å². The molecule has 26 heavy (non-hydrogen) atoms. The second-order valence-electron chi connectivity index (χ2n) is 6.03. The molecule has 2 aliphatic rings. The Balaban J connectivity index is 0.000000298. The number of halogens is 3. The highest BCUT2D eigenvalue weighted by Crippen LogP contribution is 2.45. The third-order valence-electron chi connectivity index (χ3n) is 4.46. The van der Waals surface area contributed by atoms with Gasteiger partial charge in [0, 0.05) is 38.5 Å². The lowest BCUT2D eigenvalue weighted by molar-refractivity contribution is -0.192. The van der Waals surface area contributed by atoms with E-state index in [9.17, 15) is 21.6 Å². The highest BCUT2D eigenvalue weighted by atomic mass is 32.2. The molecule has 0 aliphatic carbocycles. The molecule has 0 bridgehead atoms. The maximum absolute atomic E-state index is 12.3. The van der Waals surface area contributed by atoms with Gasteiger partial charge in [-0.05, 0) is 12.5 Å². The fraction of sp³-hybridized carbons (Fsp3) is 0.643. The van der Waals surface area contributed by atoms with Crippen LogP contribution in [0.3, 0.4) is 0 Å². The Kier molecular flexibility index (Phi) is 5.76. The lowest BCUT2D eigenvalue weighted by Gasteiger charge is -2.49. The summed E-state index contributed by atoms with van der Waals surface area (Å²) in [6, 6.07) is 1.75. The molecule has 8 nitrogen and oxygen atoms in total. The number of aliphatic carboxylic acids is 1. The first-order valence-electron chi connectivity index (χ1n) is 7.57.